The summed E-state index contributed by atoms with van der Waals surface area (Å²) in [4.78, 5) is 6.83. The second-order valence-corrected chi connectivity index (χ2v) is 7.05. The molecule has 1 saturated heterocycles. The first-order chi connectivity index (χ1) is 14.1. The Bertz CT molecular complexity index is 842. The maximum absolute atomic E-state index is 13.5. The summed E-state index contributed by atoms with van der Waals surface area (Å²) in [5, 5.41) is 17.0. The maximum atomic E-state index is 13.5. The second-order valence-electron chi connectivity index (χ2n) is 7.05. The van der Waals surface area contributed by atoms with Crippen LogP contribution in [0.25, 0.3) is 0 Å². The number of guanidine groups is 1. The van der Waals surface area contributed by atoms with Crippen molar-refractivity contribution in [3.63, 3.8) is 0 Å². The van der Waals surface area contributed by atoms with E-state index >= 15 is 0 Å². The van der Waals surface area contributed by atoms with Crippen LogP contribution in [0.5, 0.6) is 11.5 Å². The summed E-state index contributed by atoms with van der Waals surface area (Å²) in [6.07, 6.45) is 1.87. The quantitative estimate of drug-likeness (QED) is 0.302. The number of hydrogen-bond acceptors (Lipinski definition) is 4. The minimum absolute atomic E-state index is 0. The third-order valence-electron chi connectivity index (χ3n) is 5.06. The summed E-state index contributed by atoms with van der Waals surface area (Å²) < 4.78 is 18.6. The lowest BCUT2D eigenvalue weighted by Gasteiger charge is -2.34. The van der Waals surface area contributed by atoms with Crippen molar-refractivity contribution < 1.29 is 14.2 Å². The molecule has 2 aromatic rings. The fourth-order valence-electron chi connectivity index (χ4n) is 3.49. The first kappa shape index (κ1) is 24.0. The van der Waals surface area contributed by atoms with Gasteiger partial charge in [-0.3, -0.25) is 0 Å². The first-order valence-corrected chi connectivity index (χ1v) is 10.0. The van der Waals surface area contributed by atoms with Crippen molar-refractivity contribution >= 4 is 35.6 Å². The summed E-state index contributed by atoms with van der Waals surface area (Å²) in [6.45, 7) is 4.83. The molecule has 1 heterocycles. The van der Waals surface area contributed by atoms with Crippen molar-refractivity contribution in [3.05, 3.63) is 53.8 Å². The number of nitrogens with zero attached hydrogens (tertiary/aromatic N) is 2. The van der Waals surface area contributed by atoms with E-state index in [0.29, 0.717) is 17.9 Å². The number of nitrogens with one attached hydrogen (secondary N) is 2. The molecule has 0 aromatic heterocycles. The molecule has 30 heavy (non-hydrogen) atoms. The SMILES string of the molecule is CCNC(=NCc1cccc(OC)c1O)NC1CCN(c2cccc(F)c2)CC1.I. The average molecular weight is 528 g/mol. The molecule has 1 fully saturated rings. The standard InChI is InChI=1S/C22H29FN4O2.HI/c1-3-24-22(25-15-16-6-4-9-20(29-2)21(16)28)26-18-10-12-27(13-11-18)19-8-5-7-17(23)14-19;/h4-9,14,18,28H,3,10-13,15H2,1-2H3,(H2,24,25,26);1H. The van der Waals surface area contributed by atoms with Crippen molar-refractivity contribution in [3.8, 4) is 11.5 Å². The molecule has 0 unspecified atom stereocenters. The van der Waals surface area contributed by atoms with Gasteiger partial charge in [-0.1, -0.05) is 18.2 Å². The largest absolute Gasteiger partial charge is 0.504 e. The van der Waals surface area contributed by atoms with Gasteiger partial charge in [0.25, 0.3) is 0 Å². The van der Waals surface area contributed by atoms with Gasteiger partial charge in [-0.05, 0) is 44.0 Å². The molecule has 0 spiro atoms. The highest BCUT2D eigenvalue weighted by Crippen LogP contribution is 2.29. The molecular formula is C22H30FIN4O2. The van der Waals surface area contributed by atoms with E-state index in [2.05, 4.69) is 20.5 Å². The van der Waals surface area contributed by atoms with Crippen LogP contribution in [0, 0.1) is 5.82 Å². The molecule has 2 aromatic carbocycles. The minimum Gasteiger partial charge on any atom is -0.504 e. The van der Waals surface area contributed by atoms with Gasteiger partial charge < -0.3 is 25.4 Å². The molecule has 0 amide bonds. The van der Waals surface area contributed by atoms with Crippen LogP contribution in [0.2, 0.25) is 0 Å². The van der Waals surface area contributed by atoms with E-state index in [-0.39, 0.29) is 41.6 Å². The average Bonchev–Trinajstić information content (AvgIpc) is 2.73. The van der Waals surface area contributed by atoms with Crippen molar-refractivity contribution in [1.82, 2.24) is 10.6 Å². The third-order valence-corrected chi connectivity index (χ3v) is 5.06. The van der Waals surface area contributed by atoms with E-state index in [0.717, 1.165) is 44.1 Å². The minimum atomic E-state index is -0.204. The van der Waals surface area contributed by atoms with Crippen LogP contribution in [0.3, 0.4) is 0 Å². The van der Waals surface area contributed by atoms with Crippen LogP contribution in [0.15, 0.2) is 47.5 Å². The number of para-hydroxylation sites is 1. The zero-order valence-electron chi connectivity index (χ0n) is 17.4. The van der Waals surface area contributed by atoms with E-state index < -0.39 is 0 Å². The van der Waals surface area contributed by atoms with E-state index in [9.17, 15) is 9.50 Å². The summed E-state index contributed by atoms with van der Waals surface area (Å²) in [7, 11) is 1.53. The predicted molar refractivity (Wildman–Crippen MR) is 130 cm³/mol. The van der Waals surface area contributed by atoms with Gasteiger partial charge in [-0.15, -0.1) is 24.0 Å². The van der Waals surface area contributed by atoms with Crippen molar-refractivity contribution in [2.75, 3.05) is 31.6 Å². The molecule has 0 radical (unpaired) electrons. The highest BCUT2D eigenvalue weighted by molar-refractivity contribution is 14.0. The van der Waals surface area contributed by atoms with Gasteiger partial charge >= 0.3 is 0 Å². The number of aromatic hydroxyl groups is 1. The Morgan fingerprint density at radius 3 is 2.63 bits per heavy atom. The zero-order valence-corrected chi connectivity index (χ0v) is 19.7. The summed E-state index contributed by atoms with van der Waals surface area (Å²) in [5.41, 5.74) is 1.64. The highest BCUT2D eigenvalue weighted by Gasteiger charge is 2.20. The molecule has 3 N–H and O–H groups in total. The number of hydrogen-bond donors (Lipinski definition) is 3. The number of phenols is 1. The summed E-state index contributed by atoms with van der Waals surface area (Å²) in [5.74, 6) is 1.09. The van der Waals surface area contributed by atoms with Crippen LogP contribution >= 0.6 is 24.0 Å². The summed E-state index contributed by atoms with van der Waals surface area (Å²) >= 11 is 0. The second kappa shape index (κ2) is 11.8. The predicted octanol–water partition coefficient (Wildman–Crippen LogP) is 3.88. The fraction of sp³-hybridized carbons (Fsp3) is 0.409. The smallest absolute Gasteiger partial charge is 0.191 e. The molecule has 3 rings (SSSR count). The molecule has 1 aliphatic rings. The van der Waals surface area contributed by atoms with Crippen LogP contribution in [0.1, 0.15) is 25.3 Å². The molecule has 8 heteroatoms. The normalized spacial score (nSPS) is 14.8. The van der Waals surface area contributed by atoms with Crippen LogP contribution in [0.4, 0.5) is 10.1 Å². The lowest BCUT2D eigenvalue weighted by Crippen LogP contribution is -2.48. The number of phenolic OH excluding ortho intramolecular Hbond substituents is 1. The lowest BCUT2D eigenvalue weighted by atomic mass is 10.0. The number of anilines is 1. The molecule has 6 nitrogen and oxygen atoms in total. The molecule has 0 bridgehead atoms. The van der Waals surface area contributed by atoms with Crippen LogP contribution < -0.4 is 20.3 Å². The number of ether oxygens (including phenoxy) is 1. The number of aliphatic imine (C=N–C) groups is 1. The zero-order chi connectivity index (χ0) is 20.6. The van der Waals surface area contributed by atoms with Gasteiger partial charge in [0.15, 0.2) is 17.5 Å². The van der Waals surface area contributed by atoms with Crippen molar-refractivity contribution in [2.24, 2.45) is 4.99 Å². The first-order valence-electron chi connectivity index (χ1n) is 10.0. The van der Waals surface area contributed by atoms with E-state index in [1.807, 2.05) is 25.1 Å². The highest BCUT2D eigenvalue weighted by atomic mass is 127. The number of halogens is 2. The molecule has 1 aliphatic heterocycles. The van der Waals surface area contributed by atoms with Crippen LogP contribution in [-0.4, -0.2) is 43.9 Å². The summed E-state index contributed by atoms with van der Waals surface area (Å²) in [6, 6.07) is 12.4. The van der Waals surface area contributed by atoms with Crippen molar-refractivity contribution in [2.45, 2.75) is 32.4 Å². The van der Waals surface area contributed by atoms with Crippen molar-refractivity contribution in [1.29, 1.82) is 0 Å². The number of rotatable bonds is 6. The number of methoxy groups -OCH3 is 1. The maximum Gasteiger partial charge on any atom is 0.191 e. The molecule has 164 valence electrons. The number of benzene rings is 2. The lowest BCUT2D eigenvalue weighted by molar-refractivity contribution is 0.370. The number of piperidine rings is 1. The van der Waals surface area contributed by atoms with E-state index in [4.69, 9.17) is 4.74 Å². The Morgan fingerprint density at radius 2 is 1.97 bits per heavy atom. The molecule has 0 saturated carbocycles. The van der Waals surface area contributed by atoms with Gasteiger partial charge in [0.05, 0.1) is 13.7 Å². The van der Waals surface area contributed by atoms with Crippen LogP contribution in [-0.2, 0) is 6.54 Å². The third kappa shape index (κ3) is 6.38. The van der Waals surface area contributed by atoms with E-state index in [1.54, 1.807) is 18.2 Å². The van der Waals surface area contributed by atoms with E-state index in [1.165, 1.54) is 13.2 Å². The Kier molecular flexibility index (Phi) is 9.48. The van der Waals surface area contributed by atoms with Gasteiger partial charge in [0.2, 0.25) is 0 Å². The monoisotopic (exact) mass is 528 g/mol. The topological polar surface area (TPSA) is 69.1 Å². The molecule has 0 atom stereocenters. The fourth-order valence-corrected chi connectivity index (χ4v) is 3.49. The van der Waals surface area contributed by atoms with Gasteiger partial charge in [0, 0.05) is 36.9 Å². The molecule has 0 aliphatic carbocycles. The Morgan fingerprint density at radius 1 is 1.23 bits per heavy atom. The molecular weight excluding hydrogens is 498 g/mol. The van der Waals surface area contributed by atoms with Gasteiger partial charge in [-0.25, -0.2) is 9.38 Å². The Labute approximate surface area is 194 Å². The van der Waals surface area contributed by atoms with Gasteiger partial charge in [-0.2, -0.15) is 0 Å². The Hall–Kier alpha value is -2.23. The van der Waals surface area contributed by atoms with Gasteiger partial charge in [0.1, 0.15) is 5.82 Å². The Balaban J connectivity index is 0.00000320.